The Bertz CT molecular complexity index is 1460. The number of benzene rings is 2. The van der Waals surface area contributed by atoms with E-state index >= 15 is 0 Å². The van der Waals surface area contributed by atoms with Crippen molar-refractivity contribution in [3.05, 3.63) is 114 Å². The first-order valence-corrected chi connectivity index (χ1v) is 16.2. The molecule has 252 valence electrons. The highest BCUT2D eigenvalue weighted by Gasteiger charge is 2.26. The fraction of sp³-hybridized carbons (Fsp3) is 0.359. The number of carboxylic acids is 1. The van der Waals surface area contributed by atoms with Crippen LogP contribution in [0.15, 0.2) is 97.2 Å². The maximum Gasteiger partial charge on any atom is 0.339 e. The van der Waals surface area contributed by atoms with E-state index in [4.69, 9.17) is 4.74 Å². The number of nitrogens with one attached hydrogen (secondary N) is 1. The molecule has 0 radical (unpaired) electrons. The van der Waals surface area contributed by atoms with Crippen molar-refractivity contribution < 1.29 is 33.0 Å². The summed E-state index contributed by atoms with van der Waals surface area (Å²) in [6.45, 7) is 5.91. The number of ether oxygens (including phenoxy) is 1. The highest BCUT2D eigenvalue weighted by molar-refractivity contribution is 5.94. The molecule has 1 unspecified atom stereocenters. The molecule has 2 rings (SSSR count). The van der Waals surface area contributed by atoms with E-state index in [1.54, 1.807) is 0 Å². The number of amides is 1. The third-order valence-corrected chi connectivity index (χ3v) is 6.92. The number of hydrogen-bond acceptors (Lipinski definition) is 4. The van der Waals surface area contributed by atoms with Gasteiger partial charge in [0.25, 0.3) is 0 Å². The van der Waals surface area contributed by atoms with Gasteiger partial charge in [-0.1, -0.05) is 87.6 Å². The van der Waals surface area contributed by atoms with Crippen LogP contribution in [0.4, 0.5) is 8.78 Å². The molecule has 0 aliphatic heterocycles. The molecule has 2 N–H and O–H groups in total. The number of unbranched alkanes of at least 4 members (excludes halogenated alkanes) is 1. The van der Waals surface area contributed by atoms with Crippen LogP contribution < -0.4 is 10.1 Å². The average molecular weight is 648 g/mol. The molecule has 0 fully saturated rings. The number of esters is 1. The summed E-state index contributed by atoms with van der Waals surface area (Å²) < 4.78 is 33.0. The fourth-order valence-electron chi connectivity index (χ4n) is 4.56. The van der Waals surface area contributed by atoms with Crippen LogP contribution in [0.25, 0.3) is 11.1 Å². The Morgan fingerprint density at radius 3 is 1.98 bits per heavy atom. The molecule has 0 aliphatic rings. The first-order chi connectivity index (χ1) is 22.6. The van der Waals surface area contributed by atoms with Crippen molar-refractivity contribution in [3.8, 4) is 16.9 Å². The molecule has 0 heterocycles. The lowest BCUT2D eigenvalue weighted by Gasteiger charge is -2.20. The monoisotopic (exact) mass is 647 g/mol. The van der Waals surface area contributed by atoms with Crippen molar-refractivity contribution in [1.82, 2.24) is 5.32 Å². The highest BCUT2D eigenvalue weighted by Crippen LogP contribution is 2.29. The predicted molar refractivity (Wildman–Crippen MR) is 184 cm³/mol. The van der Waals surface area contributed by atoms with Gasteiger partial charge in [-0.15, -0.1) is 0 Å². The van der Waals surface area contributed by atoms with E-state index in [2.05, 4.69) is 66.9 Å². The van der Waals surface area contributed by atoms with Gasteiger partial charge in [-0.05, 0) is 87.1 Å². The molecule has 0 saturated carbocycles. The van der Waals surface area contributed by atoms with Gasteiger partial charge in [-0.3, -0.25) is 4.79 Å². The zero-order valence-corrected chi connectivity index (χ0v) is 27.6. The standard InChI is InChI=1S/C39H47F2NO5/c1-4-5-6-7-8-9-10-11-12-13-14-15-16-17-18-19-20-21-37(43)42-35(26-29(2)3)39(46)47-36-25-22-30(27-33(36)38(44)45)32-24-23-31(40)28-34(32)41/h5-6,8-9,11-12,14-15,17-18,22-25,27-29,35H,4,7,10,13,16,19-21,26H2,1-3H3,(H,42,43)(H,44,45)/b6-5-,9-8-,12-11-,15-14-,18-17-. The minimum Gasteiger partial charge on any atom is -0.478 e. The number of carboxylic acid groups (broad SMARTS) is 1. The normalized spacial score (nSPS) is 12.7. The number of halogens is 2. The third-order valence-electron chi connectivity index (χ3n) is 6.92. The Morgan fingerprint density at radius 2 is 1.43 bits per heavy atom. The maximum absolute atomic E-state index is 14.3. The first-order valence-electron chi connectivity index (χ1n) is 16.2. The van der Waals surface area contributed by atoms with Gasteiger partial charge < -0.3 is 15.2 Å². The number of aromatic carboxylic acids is 1. The van der Waals surface area contributed by atoms with Gasteiger partial charge in [0.05, 0.1) is 0 Å². The van der Waals surface area contributed by atoms with Crippen molar-refractivity contribution in [2.45, 2.75) is 84.6 Å². The molecule has 0 aromatic heterocycles. The summed E-state index contributed by atoms with van der Waals surface area (Å²) in [5, 5.41) is 12.5. The van der Waals surface area contributed by atoms with Gasteiger partial charge in [0.15, 0.2) is 0 Å². The summed E-state index contributed by atoms with van der Waals surface area (Å²) >= 11 is 0. The summed E-state index contributed by atoms with van der Waals surface area (Å²) in [7, 11) is 0. The van der Waals surface area contributed by atoms with Crippen LogP contribution in [0.3, 0.4) is 0 Å². The van der Waals surface area contributed by atoms with Crippen molar-refractivity contribution >= 4 is 17.8 Å². The second kappa shape index (κ2) is 22.0. The SMILES string of the molecule is CC/C=C\C/C=C\C/C=C\C/C=C\C/C=C\CCCC(=O)NC(CC(C)C)C(=O)Oc1ccc(-c2ccc(F)cc2F)cc1C(=O)O. The van der Waals surface area contributed by atoms with E-state index < -0.39 is 29.6 Å². The Morgan fingerprint density at radius 1 is 0.830 bits per heavy atom. The van der Waals surface area contributed by atoms with Crippen LogP contribution in [0.2, 0.25) is 0 Å². The number of hydrogen-bond donors (Lipinski definition) is 2. The number of rotatable bonds is 20. The van der Waals surface area contributed by atoms with E-state index in [0.717, 1.165) is 44.2 Å². The van der Waals surface area contributed by atoms with Crippen LogP contribution in [0.5, 0.6) is 5.75 Å². The number of allylic oxidation sites excluding steroid dienone is 10. The van der Waals surface area contributed by atoms with Crippen molar-refractivity contribution in [2.75, 3.05) is 0 Å². The van der Waals surface area contributed by atoms with Gasteiger partial charge in [-0.25, -0.2) is 18.4 Å². The molecule has 1 atom stereocenters. The van der Waals surface area contributed by atoms with Crippen LogP contribution in [-0.4, -0.2) is 29.0 Å². The average Bonchev–Trinajstić information content (AvgIpc) is 3.02. The molecule has 0 bridgehead atoms. The van der Waals surface area contributed by atoms with Gasteiger partial charge in [-0.2, -0.15) is 0 Å². The molecule has 0 saturated heterocycles. The summed E-state index contributed by atoms with van der Waals surface area (Å²) in [4.78, 5) is 37.7. The second-order valence-corrected chi connectivity index (χ2v) is 11.4. The van der Waals surface area contributed by atoms with E-state index in [-0.39, 0.29) is 40.7 Å². The zero-order valence-electron chi connectivity index (χ0n) is 27.6. The van der Waals surface area contributed by atoms with Crippen LogP contribution >= 0.6 is 0 Å². The topological polar surface area (TPSA) is 92.7 Å². The molecule has 2 aromatic carbocycles. The van der Waals surface area contributed by atoms with E-state index in [1.165, 1.54) is 18.2 Å². The smallest absolute Gasteiger partial charge is 0.339 e. The molecule has 2 aromatic rings. The summed E-state index contributed by atoms with van der Waals surface area (Å²) in [5.41, 5.74) is -0.188. The summed E-state index contributed by atoms with van der Waals surface area (Å²) in [6, 6.07) is 5.78. The molecular weight excluding hydrogens is 600 g/mol. The van der Waals surface area contributed by atoms with Gasteiger partial charge in [0, 0.05) is 18.1 Å². The molecule has 0 spiro atoms. The summed E-state index contributed by atoms with van der Waals surface area (Å²) in [6.07, 6.45) is 27.8. The molecule has 0 aliphatic carbocycles. The van der Waals surface area contributed by atoms with Crippen molar-refractivity contribution in [1.29, 1.82) is 0 Å². The molecule has 8 heteroatoms. The summed E-state index contributed by atoms with van der Waals surface area (Å²) in [5.74, 6) is -4.31. The van der Waals surface area contributed by atoms with Crippen molar-refractivity contribution in [2.24, 2.45) is 5.92 Å². The quantitative estimate of drug-likeness (QED) is 0.0646. The van der Waals surface area contributed by atoms with Gasteiger partial charge in [0.1, 0.15) is 29.0 Å². The Balaban J connectivity index is 1.83. The Hall–Kier alpha value is -4.59. The molecular formula is C39H47F2NO5. The molecule has 47 heavy (non-hydrogen) atoms. The number of carbonyl (C=O) groups excluding carboxylic acids is 2. The Kier molecular flexibility index (Phi) is 18.1. The van der Waals surface area contributed by atoms with E-state index in [0.29, 0.717) is 25.3 Å². The zero-order chi connectivity index (χ0) is 34.4. The van der Waals surface area contributed by atoms with Gasteiger partial charge >= 0.3 is 11.9 Å². The first kappa shape index (κ1) is 38.6. The largest absolute Gasteiger partial charge is 0.478 e. The van der Waals surface area contributed by atoms with Crippen LogP contribution in [-0.2, 0) is 9.59 Å². The second-order valence-electron chi connectivity index (χ2n) is 11.4. The van der Waals surface area contributed by atoms with E-state index in [1.807, 2.05) is 19.9 Å². The van der Waals surface area contributed by atoms with Crippen LogP contribution in [0, 0.1) is 17.6 Å². The Labute approximate surface area is 277 Å². The predicted octanol–water partition coefficient (Wildman–Crippen LogP) is 9.69. The lowest BCUT2D eigenvalue weighted by molar-refractivity contribution is -0.139. The number of carbonyl (C=O) groups is 3. The molecule has 6 nitrogen and oxygen atoms in total. The lowest BCUT2D eigenvalue weighted by Crippen LogP contribution is -2.43. The highest BCUT2D eigenvalue weighted by atomic mass is 19.1. The minimum atomic E-state index is -1.39. The lowest BCUT2D eigenvalue weighted by atomic mass is 10.0. The van der Waals surface area contributed by atoms with Gasteiger partial charge in [0.2, 0.25) is 5.91 Å². The van der Waals surface area contributed by atoms with E-state index in [9.17, 15) is 28.3 Å². The van der Waals surface area contributed by atoms with Crippen molar-refractivity contribution in [3.63, 3.8) is 0 Å². The third kappa shape index (κ3) is 15.5. The fourth-order valence-corrected chi connectivity index (χ4v) is 4.56. The molecule has 1 amide bonds. The minimum absolute atomic E-state index is 0.00121. The van der Waals surface area contributed by atoms with Crippen LogP contribution in [0.1, 0.15) is 88.9 Å². The maximum atomic E-state index is 14.3.